The zero-order chi connectivity index (χ0) is 15.1. The van der Waals surface area contributed by atoms with Gasteiger partial charge in [-0.3, -0.25) is 9.59 Å². The van der Waals surface area contributed by atoms with Crippen LogP contribution in [0, 0.1) is 6.92 Å². The zero-order valence-electron chi connectivity index (χ0n) is 11.9. The van der Waals surface area contributed by atoms with Gasteiger partial charge in [0.05, 0.1) is 0 Å². The predicted octanol–water partition coefficient (Wildman–Crippen LogP) is 2.57. The number of carbonyl (C=O) groups excluding carboxylic acids is 2. The summed E-state index contributed by atoms with van der Waals surface area (Å²) in [5.41, 5.74) is 2.34. The van der Waals surface area contributed by atoms with Crippen molar-refractivity contribution < 1.29 is 9.59 Å². The Bertz CT molecular complexity index is 529. The number of thiocarbonyl (C=S) groups is 1. The largest absolute Gasteiger partial charge is 0.332 e. The van der Waals surface area contributed by atoms with Gasteiger partial charge in [0, 0.05) is 24.2 Å². The highest BCUT2D eigenvalue weighted by Gasteiger charge is 2.08. The van der Waals surface area contributed by atoms with Crippen LogP contribution in [-0.2, 0) is 9.59 Å². The van der Waals surface area contributed by atoms with Gasteiger partial charge in [-0.05, 0) is 36.8 Å². The molecule has 0 saturated heterocycles. The van der Waals surface area contributed by atoms with Crippen LogP contribution in [0.1, 0.15) is 32.3 Å². The smallest absolute Gasteiger partial charge is 0.225 e. The van der Waals surface area contributed by atoms with Crippen molar-refractivity contribution in [2.75, 3.05) is 10.6 Å². The molecule has 0 heterocycles. The maximum atomic E-state index is 11.4. The average Bonchev–Trinajstić information content (AvgIpc) is 2.42. The normalized spacial score (nSPS) is 9.75. The van der Waals surface area contributed by atoms with Crippen LogP contribution in [-0.4, -0.2) is 16.9 Å². The fourth-order valence-electron chi connectivity index (χ4n) is 1.51. The van der Waals surface area contributed by atoms with Gasteiger partial charge in [-0.2, -0.15) is 0 Å². The van der Waals surface area contributed by atoms with Crippen LogP contribution in [0.4, 0.5) is 11.4 Å². The molecule has 6 heteroatoms. The van der Waals surface area contributed by atoms with Crippen LogP contribution in [0.5, 0.6) is 0 Å². The molecule has 1 aromatic rings. The summed E-state index contributed by atoms with van der Waals surface area (Å²) in [6.45, 7) is 5.42. The van der Waals surface area contributed by atoms with E-state index in [4.69, 9.17) is 12.2 Å². The van der Waals surface area contributed by atoms with E-state index < -0.39 is 0 Å². The minimum Gasteiger partial charge on any atom is -0.332 e. The van der Waals surface area contributed by atoms with Crippen molar-refractivity contribution in [1.29, 1.82) is 0 Å². The molecule has 0 atom stereocenters. The summed E-state index contributed by atoms with van der Waals surface area (Å²) in [4.78, 5) is 22.7. The molecule has 2 amide bonds. The maximum absolute atomic E-state index is 11.4. The second kappa shape index (κ2) is 7.59. The number of amides is 2. The molecule has 1 aromatic carbocycles. The van der Waals surface area contributed by atoms with E-state index in [9.17, 15) is 9.59 Å². The van der Waals surface area contributed by atoms with Crippen LogP contribution in [0.25, 0.3) is 0 Å². The summed E-state index contributed by atoms with van der Waals surface area (Å²) >= 11 is 5.06. The van der Waals surface area contributed by atoms with Gasteiger partial charge in [0.1, 0.15) is 0 Å². The molecule has 5 nitrogen and oxygen atoms in total. The fraction of sp³-hybridized carbons (Fsp3) is 0.357. The van der Waals surface area contributed by atoms with E-state index in [-0.39, 0.29) is 16.9 Å². The van der Waals surface area contributed by atoms with Crippen molar-refractivity contribution in [3.05, 3.63) is 23.8 Å². The fourth-order valence-corrected chi connectivity index (χ4v) is 1.74. The second-order valence-corrected chi connectivity index (χ2v) is 4.64. The quantitative estimate of drug-likeness (QED) is 0.746. The van der Waals surface area contributed by atoms with E-state index in [0.29, 0.717) is 12.8 Å². The summed E-state index contributed by atoms with van der Waals surface area (Å²) in [6, 6.07) is 5.47. The Balaban J connectivity index is 2.81. The number of hydrogen-bond donors (Lipinski definition) is 3. The number of benzene rings is 1. The van der Waals surface area contributed by atoms with Gasteiger partial charge in [0.15, 0.2) is 5.11 Å². The van der Waals surface area contributed by atoms with E-state index in [1.807, 2.05) is 25.1 Å². The Hall–Kier alpha value is -1.95. The van der Waals surface area contributed by atoms with Crippen molar-refractivity contribution in [3.8, 4) is 0 Å². The number of carbonyl (C=O) groups is 2. The standard InChI is InChI=1S/C14H19N3O2S/c1-4-12(18)15-10-7-6-8-11(9(10)3)16-14(20)17-13(19)5-2/h6-8H,4-5H2,1-3H3,(H,15,18)(H2,16,17,19,20). The highest BCUT2D eigenvalue weighted by molar-refractivity contribution is 7.80. The molecule has 1 rings (SSSR count). The molecule has 0 bridgehead atoms. The summed E-state index contributed by atoms with van der Waals surface area (Å²) in [5, 5.41) is 8.59. The third kappa shape index (κ3) is 4.62. The Morgan fingerprint density at radius 2 is 1.60 bits per heavy atom. The summed E-state index contributed by atoms with van der Waals surface area (Å²) in [7, 11) is 0. The maximum Gasteiger partial charge on any atom is 0.225 e. The molecule has 0 aromatic heterocycles. The van der Waals surface area contributed by atoms with Crippen molar-refractivity contribution >= 4 is 40.5 Å². The van der Waals surface area contributed by atoms with E-state index in [1.165, 1.54) is 0 Å². The minimum atomic E-state index is -0.143. The van der Waals surface area contributed by atoms with Crippen LogP contribution < -0.4 is 16.0 Å². The predicted molar refractivity (Wildman–Crippen MR) is 84.8 cm³/mol. The topological polar surface area (TPSA) is 70.2 Å². The van der Waals surface area contributed by atoms with Gasteiger partial charge >= 0.3 is 0 Å². The Morgan fingerprint density at radius 1 is 1.05 bits per heavy atom. The second-order valence-electron chi connectivity index (χ2n) is 4.24. The van der Waals surface area contributed by atoms with E-state index in [1.54, 1.807) is 13.8 Å². The highest BCUT2D eigenvalue weighted by atomic mass is 32.1. The molecule has 108 valence electrons. The van der Waals surface area contributed by atoms with Crippen molar-refractivity contribution in [2.45, 2.75) is 33.6 Å². The van der Waals surface area contributed by atoms with Crippen molar-refractivity contribution in [1.82, 2.24) is 5.32 Å². The first kappa shape index (κ1) is 16.1. The van der Waals surface area contributed by atoms with Crippen LogP contribution in [0.15, 0.2) is 18.2 Å². The molecule has 0 aliphatic carbocycles. The lowest BCUT2D eigenvalue weighted by molar-refractivity contribution is -0.119. The molecular weight excluding hydrogens is 274 g/mol. The molecule has 3 N–H and O–H groups in total. The average molecular weight is 293 g/mol. The van der Waals surface area contributed by atoms with E-state index >= 15 is 0 Å². The number of anilines is 2. The van der Waals surface area contributed by atoms with Gasteiger partial charge in [-0.1, -0.05) is 19.9 Å². The molecule has 0 fully saturated rings. The van der Waals surface area contributed by atoms with E-state index in [0.717, 1.165) is 16.9 Å². The Labute approximate surface area is 124 Å². The number of hydrogen-bond acceptors (Lipinski definition) is 3. The van der Waals surface area contributed by atoms with Gasteiger partial charge in [0.25, 0.3) is 0 Å². The van der Waals surface area contributed by atoms with Crippen LogP contribution in [0.3, 0.4) is 0 Å². The van der Waals surface area contributed by atoms with Gasteiger partial charge < -0.3 is 16.0 Å². The molecule has 0 aliphatic heterocycles. The van der Waals surface area contributed by atoms with Gasteiger partial charge in [0.2, 0.25) is 11.8 Å². The summed E-state index contributed by atoms with van der Waals surface area (Å²) in [6.07, 6.45) is 0.787. The number of rotatable bonds is 4. The first-order valence-electron chi connectivity index (χ1n) is 6.48. The monoisotopic (exact) mass is 293 g/mol. The van der Waals surface area contributed by atoms with Gasteiger partial charge in [-0.15, -0.1) is 0 Å². The zero-order valence-corrected chi connectivity index (χ0v) is 12.7. The molecule has 0 aliphatic rings. The third-order valence-electron chi connectivity index (χ3n) is 2.75. The molecule has 20 heavy (non-hydrogen) atoms. The third-order valence-corrected chi connectivity index (χ3v) is 2.96. The van der Waals surface area contributed by atoms with Crippen molar-refractivity contribution in [2.24, 2.45) is 0 Å². The van der Waals surface area contributed by atoms with E-state index in [2.05, 4.69) is 16.0 Å². The Kier molecular flexibility index (Phi) is 6.11. The lowest BCUT2D eigenvalue weighted by atomic mass is 10.1. The van der Waals surface area contributed by atoms with Crippen LogP contribution >= 0.6 is 12.2 Å². The minimum absolute atomic E-state index is 0.0490. The first-order valence-corrected chi connectivity index (χ1v) is 6.89. The summed E-state index contributed by atoms with van der Waals surface area (Å²) < 4.78 is 0. The summed E-state index contributed by atoms with van der Waals surface area (Å²) in [5.74, 6) is -0.192. The number of nitrogens with one attached hydrogen (secondary N) is 3. The lowest BCUT2D eigenvalue weighted by Gasteiger charge is -2.14. The molecule has 0 spiro atoms. The highest BCUT2D eigenvalue weighted by Crippen LogP contribution is 2.23. The lowest BCUT2D eigenvalue weighted by Crippen LogP contribution is -2.33. The molecule has 0 radical (unpaired) electrons. The van der Waals surface area contributed by atoms with Crippen molar-refractivity contribution in [3.63, 3.8) is 0 Å². The van der Waals surface area contributed by atoms with Gasteiger partial charge in [-0.25, -0.2) is 0 Å². The molecule has 0 unspecified atom stereocenters. The molecule has 0 saturated carbocycles. The molecular formula is C14H19N3O2S. The Morgan fingerprint density at radius 3 is 2.15 bits per heavy atom. The SMILES string of the molecule is CCC(=O)NC(=S)Nc1cccc(NC(=O)CC)c1C. The van der Waals surface area contributed by atoms with Crippen LogP contribution in [0.2, 0.25) is 0 Å². The first-order chi connectivity index (χ1) is 9.47.